The van der Waals surface area contributed by atoms with Crippen LogP contribution in [0.25, 0.3) is 11.0 Å². The number of rotatable bonds is 0. The summed E-state index contributed by atoms with van der Waals surface area (Å²) >= 11 is 0. The Morgan fingerprint density at radius 1 is 1.17 bits per heavy atom. The van der Waals surface area contributed by atoms with Crippen LogP contribution in [-0.4, -0.2) is 10.2 Å². The first kappa shape index (κ1) is 6.91. The first-order chi connectivity index (χ1) is 5.77. The van der Waals surface area contributed by atoms with Crippen LogP contribution in [0.3, 0.4) is 0 Å². The molecule has 3 heteroatoms. The molecule has 0 aliphatic heterocycles. The summed E-state index contributed by atoms with van der Waals surface area (Å²) in [4.78, 5) is 0. The molecule has 2 aromatic rings. The van der Waals surface area contributed by atoms with E-state index in [1.807, 2.05) is 0 Å². The Bertz CT molecular complexity index is 423. The van der Waals surface area contributed by atoms with Crippen molar-refractivity contribution in [2.24, 2.45) is 0 Å². The van der Waals surface area contributed by atoms with Crippen molar-refractivity contribution in [2.45, 2.75) is 0 Å². The highest BCUT2D eigenvalue weighted by molar-refractivity contribution is 5.83. The number of phenolic OH excluding ortho intramolecular Hbond substituents is 1. The quantitative estimate of drug-likeness (QED) is 0.585. The molecule has 1 heterocycles. The maximum Gasteiger partial charge on any atom is 0.363 e. The molecule has 1 aromatic heterocycles. The second-order valence-corrected chi connectivity index (χ2v) is 2.49. The summed E-state index contributed by atoms with van der Waals surface area (Å²) in [5, 5.41) is 18.9. The molecule has 0 fully saturated rings. The summed E-state index contributed by atoms with van der Waals surface area (Å²) in [7, 11) is 0. The van der Waals surface area contributed by atoms with Gasteiger partial charge in [-0.25, -0.2) is 4.42 Å². The topological polar surface area (TPSA) is 51.8 Å². The minimum atomic E-state index is 0.00370. The number of phenols is 1. The predicted molar refractivity (Wildman–Crippen MR) is 44.0 cm³/mol. The highest BCUT2D eigenvalue weighted by Crippen LogP contribution is 2.27. The van der Waals surface area contributed by atoms with E-state index >= 15 is 0 Å². The van der Waals surface area contributed by atoms with Gasteiger partial charge in [0.05, 0.1) is 0 Å². The molecule has 0 aliphatic carbocycles. The first-order valence-corrected chi connectivity index (χ1v) is 3.50. The molecule has 3 nitrogen and oxygen atoms in total. The summed E-state index contributed by atoms with van der Waals surface area (Å²) in [6, 6.07) is 6.39. The zero-order chi connectivity index (χ0) is 8.55. The second kappa shape index (κ2) is 2.37. The van der Waals surface area contributed by atoms with Crippen LogP contribution < -0.4 is 0 Å². The van der Waals surface area contributed by atoms with E-state index in [1.165, 1.54) is 18.4 Å². The van der Waals surface area contributed by atoms with E-state index in [0.717, 1.165) is 0 Å². The number of hydrogen-bond donors (Lipinski definition) is 2. The molecular formula is C9H7O3+. The Balaban J connectivity index is 2.88. The van der Waals surface area contributed by atoms with E-state index in [-0.39, 0.29) is 11.5 Å². The average Bonchev–Trinajstić information content (AvgIpc) is 2.07. The van der Waals surface area contributed by atoms with Crippen LogP contribution in [0, 0.1) is 0 Å². The Hall–Kier alpha value is -1.77. The minimum absolute atomic E-state index is 0.00370. The molecular weight excluding hydrogens is 156 g/mol. The fourth-order valence-electron chi connectivity index (χ4n) is 1.09. The van der Waals surface area contributed by atoms with Crippen LogP contribution >= 0.6 is 0 Å². The van der Waals surface area contributed by atoms with E-state index < -0.39 is 0 Å². The van der Waals surface area contributed by atoms with Gasteiger partial charge in [-0.1, -0.05) is 0 Å². The van der Waals surface area contributed by atoms with Crippen molar-refractivity contribution < 1.29 is 14.6 Å². The van der Waals surface area contributed by atoms with Crippen molar-refractivity contribution in [3.05, 3.63) is 30.5 Å². The van der Waals surface area contributed by atoms with Crippen LogP contribution in [-0.2, 0) is 0 Å². The SMILES string of the molecule is Oc1c[o+]c2cccc(O)c2c1. The summed E-state index contributed by atoms with van der Waals surface area (Å²) in [5.41, 5.74) is 0.549. The smallest absolute Gasteiger partial charge is 0.363 e. The predicted octanol–water partition coefficient (Wildman–Crippen LogP) is 2.13. The van der Waals surface area contributed by atoms with Gasteiger partial charge in [0, 0.05) is 12.1 Å². The highest BCUT2D eigenvalue weighted by atomic mass is 16.3. The number of aromatic hydroxyl groups is 2. The molecule has 0 amide bonds. The fraction of sp³-hybridized carbons (Fsp3) is 0. The van der Waals surface area contributed by atoms with Crippen LogP contribution in [0.2, 0.25) is 0 Å². The van der Waals surface area contributed by atoms with Crippen LogP contribution in [0.1, 0.15) is 0 Å². The Kier molecular flexibility index (Phi) is 1.37. The lowest BCUT2D eigenvalue weighted by Gasteiger charge is -1.91. The van der Waals surface area contributed by atoms with E-state index in [0.29, 0.717) is 11.0 Å². The first-order valence-electron chi connectivity index (χ1n) is 3.50. The van der Waals surface area contributed by atoms with Crippen molar-refractivity contribution in [1.82, 2.24) is 0 Å². The summed E-state index contributed by atoms with van der Waals surface area (Å²) in [6.45, 7) is 0. The number of benzene rings is 1. The standard InChI is InChI=1S/C9H6O3/c10-6-4-7-8(11)2-1-3-9(7)12-5-6/h1-5H,(H-,10,11)/p+1. The molecule has 60 valence electrons. The lowest BCUT2D eigenvalue weighted by Crippen LogP contribution is -1.72. The largest absolute Gasteiger partial charge is 0.507 e. The molecule has 2 N–H and O–H groups in total. The van der Waals surface area contributed by atoms with Crippen LogP contribution in [0.4, 0.5) is 0 Å². The normalized spacial score (nSPS) is 10.3. The minimum Gasteiger partial charge on any atom is -0.507 e. The molecule has 0 atom stereocenters. The zero-order valence-corrected chi connectivity index (χ0v) is 6.19. The Labute approximate surface area is 68.5 Å². The molecule has 0 spiro atoms. The highest BCUT2D eigenvalue weighted by Gasteiger charge is 2.10. The summed E-state index contributed by atoms with van der Waals surface area (Å²) in [6.07, 6.45) is 1.22. The van der Waals surface area contributed by atoms with Gasteiger partial charge in [0.25, 0.3) is 0 Å². The van der Waals surface area contributed by atoms with Gasteiger partial charge in [-0.15, -0.1) is 0 Å². The van der Waals surface area contributed by atoms with Crippen LogP contribution in [0.5, 0.6) is 11.5 Å². The molecule has 0 unspecified atom stereocenters. The Morgan fingerprint density at radius 2 is 2.00 bits per heavy atom. The number of fused-ring (bicyclic) bond motifs is 1. The Morgan fingerprint density at radius 3 is 2.83 bits per heavy atom. The molecule has 0 bridgehead atoms. The fourth-order valence-corrected chi connectivity index (χ4v) is 1.09. The lowest BCUT2D eigenvalue weighted by molar-refractivity contribution is 0.443. The van der Waals surface area contributed by atoms with E-state index in [9.17, 15) is 5.11 Å². The van der Waals surface area contributed by atoms with Crippen molar-refractivity contribution in [3.8, 4) is 11.5 Å². The maximum atomic E-state index is 9.32. The summed E-state index contributed by atoms with van der Waals surface area (Å²) < 4.78 is 5.01. The second-order valence-electron chi connectivity index (χ2n) is 2.49. The third kappa shape index (κ3) is 0.955. The van der Waals surface area contributed by atoms with Crippen molar-refractivity contribution in [3.63, 3.8) is 0 Å². The van der Waals surface area contributed by atoms with Gasteiger partial charge in [0.15, 0.2) is 0 Å². The lowest BCUT2D eigenvalue weighted by atomic mass is 10.2. The average molecular weight is 163 g/mol. The molecule has 1 aromatic carbocycles. The van der Waals surface area contributed by atoms with E-state index in [4.69, 9.17) is 9.52 Å². The molecule has 0 saturated heterocycles. The van der Waals surface area contributed by atoms with Gasteiger partial charge < -0.3 is 10.2 Å². The molecule has 0 radical (unpaired) electrons. The van der Waals surface area contributed by atoms with Gasteiger partial charge in [0.2, 0.25) is 5.75 Å². The molecule has 2 rings (SSSR count). The van der Waals surface area contributed by atoms with Gasteiger partial charge in [-0.05, 0) is 12.1 Å². The monoisotopic (exact) mass is 163 g/mol. The summed E-state index contributed by atoms with van der Waals surface area (Å²) in [5.74, 6) is 0.108. The van der Waals surface area contributed by atoms with E-state index in [1.54, 1.807) is 12.1 Å². The van der Waals surface area contributed by atoms with Crippen molar-refractivity contribution in [2.75, 3.05) is 0 Å². The van der Waals surface area contributed by atoms with Gasteiger partial charge >= 0.3 is 11.8 Å². The molecule has 0 aliphatic rings. The van der Waals surface area contributed by atoms with Crippen LogP contribution in [0.15, 0.2) is 34.9 Å². The van der Waals surface area contributed by atoms with Gasteiger partial charge in [-0.3, -0.25) is 0 Å². The maximum absolute atomic E-state index is 9.32. The van der Waals surface area contributed by atoms with Crippen molar-refractivity contribution in [1.29, 1.82) is 0 Å². The third-order valence-electron chi connectivity index (χ3n) is 1.64. The zero-order valence-electron chi connectivity index (χ0n) is 6.19. The molecule has 0 saturated carbocycles. The number of hydrogen-bond acceptors (Lipinski definition) is 2. The van der Waals surface area contributed by atoms with Gasteiger partial charge in [-0.2, -0.15) is 0 Å². The molecule has 12 heavy (non-hydrogen) atoms. The van der Waals surface area contributed by atoms with Crippen molar-refractivity contribution >= 4 is 11.0 Å². The third-order valence-corrected chi connectivity index (χ3v) is 1.64. The van der Waals surface area contributed by atoms with Gasteiger partial charge in [0.1, 0.15) is 11.1 Å². The van der Waals surface area contributed by atoms with E-state index in [2.05, 4.69) is 0 Å².